The van der Waals surface area contributed by atoms with E-state index in [2.05, 4.69) is 4.99 Å². The minimum absolute atomic E-state index is 0.227. The summed E-state index contributed by atoms with van der Waals surface area (Å²) in [6.07, 6.45) is -0.270. The van der Waals surface area contributed by atoms with Crippen molar-refractivity contribution in [2.24, 2.45) is 4.99 Å². The van der Waals surface area contributed by atoms with Gasteiger partial charge in [0, 0.05) is 6.08 Å². The number of carbonyl (C=O) groups excluding carboxylic acids is 1. The number of nitrogens with zero attached hydrogens (tertiary/aromatic N) is 1. The van der Waals surface area contributed by atoms with E-state index < -0.39 is 11.9 Å². The molecule has 0 spiro atoms. The molecule has 4 nitrogen and oxygen atoms in total. The zero-order valence-corrected chi connectivity index (χ0v) is 5.40. The highest BCUT2D eigenvalue weighted by atomic mass is 16.3. The molecular weight excluding hydrogens is 134 g/mol. The molecule has 0 amide bonds. The average Bonchev–Trinajstić information content (AvgIpc) is 1.82. The summed E-state index contributed by atoms with van der Waals surface area (Å²) in [5.41, 5.74) is 0.227. The molecule has 0 saturated heterocycles. The summed E-state index contributed by atoms with van der Waals surface area (Å²) in [4.78, 5) is 14.1. The van der Waals surface area contributed by atoms with Gasteiger partial charge in [-0.2, -0.15) is 0 Å². The van der Waals surface area contributed by atoms with E-state index in [1.54, 1.807) is 0 Å². The van der Waals surface area contributed by atoms with Gasteiger partial charge in [-0.3, -0.25) is 4.79 Å². The Bertz CT molecular complexity index is 229. The Morgan fingerprint density at radius 2 is 2.30 bits per heavy atom. The molecule has 10 heavy (non-hydrogen) atoms. The van der Waals surface area contributed by atoms with Gasteiger partial charge in [-0.15, -0.1) is 0 Å². The van der Waals surface area contributed by atoms with Crippen molar-refractivity contribution in [2.45, 2.75) is 13.0 Å². The van der Waals surface area contributed by atoms with E-state index in [1.165, 1.54) is 6.92 Å². The second kappa shape index (κ2) is 2.22. The van der Waals surface area contributed by atoms with Crippen molar-refractivity contribution < 1.29 is 15.0 Å². The zero-order chi connectivity index (χ0) is 7.72. The number of carbonyl (C=O) groups is 1. The first-order valence-corrected chi connectivity index (χ1v) is 2.79. The van der Waals surface area contributed by atoms with Crippen molar-refractivity contribution in [2.75, 3.05) is 0 Å². The van der Waals surface area contributed by atoms with Gasteiger partial charge < -0.3 is 10.2 Å². The predicted octanol–water partition coefficient (Wildman–Crippen LogP) is -0.210. The number of aliphatic hydroxyl groups is 2. The SMILES string of the molecule is CC1=NC(O)=CC(=O)C1O. The Balaban J connectivity index is 2.95. The minimum atomic E-state index is -1.17. The van der Waals surface area contributed by atoms with Crippen molar-refractivity contribution in [3.8, 4) is 0 Å². The molecule has 0 aromatic heterocycles. The molecule has 54 valence electrons. The number of hydrogen-bond donors (Lipinski definition) is 2. The van der Waals surface area contributed by atoms with Crippen LogP contribution in [0.1, 0.15) is 6.92 Å². The van der Waals surface area contributed by atoms with Gasteiger partial charge in [0.05, 0.1) is 5.71 Å². The van der Waals surface area contributed by atoms with E-state index in [1.807, 2.05) is 0 Å². The summed E-state index contributed by atoms with van der Waals surface area (Å²) in [7, 11) is 0. The Morgan fingerprint density at radius 1 is 1.70 bits per heavy atom. The first kappa shape index (κ1) is 6.95. The number of hydrogen-bond acceptors (Lipinski definition) is 4. The summed E-state index contributed by atoms with van der Waals surface area (Å²) in [5.74, 6) is -0.863. The maximum Gasteiger partial charge on any atom is 0.214 e. The molecule has 0 bridgehead atoms. The van der Waals surface area contributed by atoms with Gasteiger partial charge in [0.15, 0.2) is 11.9 Å². The largest absolute Gasteiger partial charge is 0.493 e. The Morgan fingerprint density at radius 3 is 2.80 bits per heavy atom. The van der Waals surface area contributed by atoms with Gasteiger partial charge in [-0.25, -0.2) is 4.99 Å². The first-order valence-electron chi connectivity index (χ1n) is 2.79. The highest BCUT2D eigenvalue weighted by Crippen LogP contribution is 2.05. The van der Waals surface area contributed by atoms with E-state index >= 15 is 0 Å². The molecule has 0 fully saturated rings. The molecule has 1 unspecified atom stereocenters. The third-order valence-electron chi connectivity index (χ3n) is 1.23. The van der Waals surface area contributed by atoms with E-state index in [0.717, 1.165) is 6.08 Å². The molecule has 2 N–H and O–H groups in total. The van der Waals surface area contributed by atoms with Crippen molar-refractivity contribution in [1.82, 2.24) is 0 Å². The van der Waals surface area contributed by atoms with Gasteiger partial charge in [0.2, 0.25) is 5.88 Å². The number of rotatable bonds is 0. The van der Waals surface area contributed by atoms with Gasteiger partial charge in [-0.05, 0) is 6.92 Å². The van der Waals surface area contributed by atoms with Crippen LogP contribution in [0.2, 0.25) is 0 Å². The summed E-state index contributed by atoms with van der Waals surface area (Å²) in [5, 5.41) is 17.6. The molecule has 0 aromatic carbocycles. The summed E-state index contributed by atoms with van der Waals surface area (Å²) in [6, 6.07) is 0. The van der Waals surface area contributed by atoms with E-state index in [-0.39, 0.29) is 11.6 Å². The van der Waals surface area contributed by atoms with Gasteiger partial charge in [-0.1, -0.05) is 0 Å². The highest BCUT2D eigenvalue weighted by molar-refractivity contribution is 6.13. The van der Waals surface area contributed by atoms with Crippen LogP contribution >= 0.6 is 0 Å². The van der Waals surface area contributed by atoms with Crippen molar-refractivity contribution >= 4 is 11.5 Å². The van der Waals surface area contributed by atoms with Crippen LogP contribution in [0.25, 0.3) is 0 Å². The lowest BCUT2D eigenvalue weighted by Gasteiger charge is -2.10. The summed E-state index contributed by atoms with van der Waals surface area (Å²) < 4.78 is 0. The van der Waals surface area contributed by atoms with Crippen molar-refractivity contribution in [1.29, 1.82) is 0 Å². The van der Waals surface area contributed by atoms with Crippen molar-refractivity contribution in [3.63, 3.8) is 0 Å². The van der Waals surface area contributed by atoms with Crippen LogP contribution < -0.4 is 0 Å². The topological polar surface area (TPSA) is 69.9 Å². The monoisotopic (exact) mass is 141 g/mol. The third-order valence-corrected chi connectivity index (χ3v) is 1.23. The van der Waals surface area contributed by atoms with Gasteiger partial charge in [0.25, 0.3) is 0 Å². The number of ketones is 1. The van der Waals surface area contributed by atoms with Gasteiger partial charge >= 0.3 is 0 Å². The minimum Gasteiger partial charge on any atom is -0.493 e. The predicted molar refractivity (Wildman–Crippen MR) is 34.8 cm³/mol. The molecule has 1 atom stereocenters. The van der Waals surface area contributed by atoms with Crippen LogP contribution in [0.3, 0.4) is 0 Å². The van der Waals surface area contributed by atoms with Crippen LogP contribution in [0.5, 0.6) is 0 Å². The van der Waals surface area contributed by atoms with Crippen LogP contribution in [-0.2, 0) is 4.79 Å². The Labute approximate surface area is 57.5 Å². The Hall–Kier alpha value is -1.16. The standard InChI is InChI=1S/C6H7NO3/c1-3-6(10)4(8)2-5(9)7-3/h2,6,9-10H,1H3. The molecule has 4 heteroatoms. The fourth-order valence-electron chi connectivity index (χ4n) is 0.686. The van der Waals surface area contributed by atoms with E-state index in [4.69, 9.17) is 10.2 Å². The molecule has 0 aliphatic carbocycles. The second-order valence-corrected chi connectivity index (χ2v) is 2.06. The lowest BCUT2D eigenvalue weighted by Crippen LogP contribution is -2.29. The first-order chi connectivity index (χ1) is 4.61. The van der Waals surface area contributed by atoms with Crippen LogP contribution in [0.15, 0.2) is 17.0 Å². The summed E-state index contributed by atoms with van der Waals surface area (Å²) >= 11 is 0. The fraction of sp³-hybridized carbons (Fsp3) is 0.333. The summed E-state index contributed by atoms with van der Waals surface area (Å²) in [6.45, 7) is 1.48. The highest BCUT2D eigenvalue weighted by Gasteiger charge is 2.20. The molecule has 1 aliphatic heterocycles. The maximum atomic E-state index is 10.6. The molecule has 0 aromatic rings. The Kier molecular flexibility index (Phi) is 1.55. The van der Waals surface area contributed by atoms with E-state index in [9.17, 15) is 4.79 Å². The zero-order valence-electron chi connectivity index (χ0n) is 5.40. The molecule has 1 heterocycles. The normalized spacial score (nSPS) is 25.8. The molecule has 1 aliphatic rings. The molecular formula is C6H7NO3. The van der Waals surface area contributed by atoms with Gasteiger partial charge in [0.1, 0.15) is 0 Å². The second-order valence-electron chi connectivity index (χ2n) is 2.06. The fourth-order valence-corrected chi connectivity index (χ4v) is 0.686. The average molecular weight is 141 g/mol. The number of aliphatic imine (C=N–C) groups is 1. The molecule has 0 saturated carbocycles. The molecule has 1 rings (SSSR count). The van der Waals surface area contributed by atoms with Crippen LogP contribution in [-0.4, -0.2) is 27.8 Å². The maximum absolute atomic E-state index is 10.6. The smallest absolute Gasteiger partial charge is 0.214 e. The van der Waals surface area contributed by atoms with Crippen LogP contribution in [0, 0.1) is 0 Å². The number of aliphatic hydroxyl groups excluding tert-OH is 2. The molecule has 0 radical (unpaired) electrons. The van der Waals surface area contributed by atoms with E-state index in [0.29, 0.717) is 0 Å². The van der Waals surface area contributed by atoms with Crippen molar-refractivity contribution in [3.05, 3.63) is 12.0 Å². The van der Waals surface area contributed by atoms with Crippen LogP contribution in [0.4, 0.5) is 0 Å². The quantitative estimate of drug-likeness (QED) is 0.490. The lowest BCUT2D eigenvalue weighted by molar-refractivity contribution is -0.119. The lowest BCUT2D eigenvalue weighted by atomic mass is 10.1. The third kappa shape index (κ3) is 1.06.